The fraction of sp³-hybridized carbons (Fsp3) is 0.667. The minimum absolute atomic E-state index is 0.408. The molecule has 0 radical (unpaired) electrons. The number of nitrogens with zero attached hydrogens (tertiary/aromatic N) is 1. The Morgan fingerprint density at radius 1 is 1.00 bits per heavy atom. The molecule has 2 heteroatoms. The van der Waals surface area contributed by atoms with Gasteiger partial charge in [0.25, 0.3) is 0 Å². The lowest BCUT2D eigenvalue weighted by Gasteiger charge is -2.26. The van der Waals surface area contributed by atoms with E-state index in [0.717, 1.165) is 12.5 Å². The van der Waals surface area contributed by atoms with E-state index in [0.29, 0.717) is 12.0 Å². The van der Waals surface area contributed by atoms with Crippen LogP contribution in [0.15, 0.2) is 24.3 Å². The van der Waals surface area contributed by atoms with Crippen molar-refractivity contribution in [3.05, 3.63) is 35.4 Å². The summed E-state index contributed by atoms with van der Waals surface area (Å²) in [5, 5.41) is 3.45. The van der Waals surface area contributed by atoms with Crippen LogP contribution in [0.2, 0.25) is 0 Å². The number of nitrogens with one attached hydrogen (secondary N) is 1. The second kappa shape index (κ2) is 8.43. The highest BCUT2D eigenvalue weighted by Gasteiger charge is 2.13. The van der Waals surface area contributed by atoms with Crippen molar-refractivity contribution in [1.29, 1.82) is 0 Å². The van der Waals surface area contributed by atoms with E-state index >= 15 is 0 Å². The molecule has 0 spiro atoms. The molecule has 0 amide bonds. The fourth-order valence-corrected chi connectivity index (χ4v) is 2.52. The number of rotatable bonds is 8. The second-order valence-electron chi connectivity index (χ2n) is 6.40. The number of hydrogen-bond donors (Lipinski definition) is 1. The Hall–Kier alpha value is -0.860. The molecule has 2 unspecified atom stereocenters. The molecular formula is C18H32N2. The zero-order valence-corrected chi connectivity index (χ0v) is 14.1. The molecule has 20 heavy (non-hydrogen) atoms. The van der Waals surface area contributed by atoms with Gasteiger partial charge in [0.05, 0.1) is 0 Å². The van der Waals surface area contributed by atoms with Gasteiger partial charge in [-0.1, -0.05) is 58.4 Å². The zero-order valence-electron chi connectivity index (χ0n) is 14.1. The Kier molecular flexibility index (Phi) is 7.25. The van der Waals surface area contributed by atoms with Crippen molar-refractivity contribution in [3.8, 4) is 0 Å². The maximum atomic E-state index is 3.45. The second-order valence-corrected chi connectivity index (χ2v) is 6.40. The van der Waals surface area contributed by atoms with Crippen molar-refractivity contribution in [3.63, 3.8) is 0 Å². The van der Waals surface area contributed by atoms with Gasteiger partial charge in [-0.2, -0.15) is 0 Å². The largest absolute Gasteiger partial charge is 0.312 e. The van der Waals surface area contributed by atoms with E-state index in [-0.39, 0.29) is 0 Å². The van der Waals surface area contributed by atoms with Gasteiger partial charge in [-0.25, -0.2) is 0 Å². The summed E-state index contributed by atoms with van der Waals surface area (Å²) in [4.78, 5) is 2.44. The smallest absolute Gasteiger partial charge is 0.0446 e. The third-order valence-corrected chi connectivity index (χ3v) is 4.17. The quantitative estimate of drug-likeness (QED) is 0.770. The molecule has 0 aromatic heterocycles. The molecule has 0 aliphatic carbocycles. The van der Waals surface area contributed by atoms with Crippen LogP contribution >= 0.6 is 0 Å². The molecule has 1 N–H and O–H groups in total. The molecular weight excluding hydrogens is 244 g/mol. The lowest BCUT2D eigenvalue weighted by molar-refractivity contribution is 0.256. The van der Waals surface area contributed by atoms with E-state index < -0.39 is 0 Å². The summed E-state index contributed by atoms with van der Waals surface area (Å²) in [6.45, 7) is 11.3. The van der Waals surface area contributed by atoms with Crippen LogP contribution in [0, 0.1) is 5.92 Å². The van der Waals surface area contributed by atoms with E-state index in [1.54, 1.807) is 0 Å². The van der Waals surface area contributed by atoms with Gasteiger partial charge in [-0.3, -0.25) is 0 Å². The SMILES string of the molecule is CCC(C)CN(C)CC(NC)c1ccc(C(C)C)cc1. The van der Waals surface area contributed by atoms with Gasteiger partial charge in [0.15, 0.2) is 0 Å². The first-order valence-corrected chi connectivity index (χ1v) is 7.93. The highest BCUT2D eigenvalue weighted by molar-refractivity contribution is 5.27. The molecule has 1 aromatic rings. The molecule has 1 aromatic carbocycles. The van der Waals surface area contributed by atoms with Crippen molar-refractivity contribution in [2.75, 3.05) is 27.2 Å². The molecule has 0 saturated heterocycles. The number of likely N-dealkylation sites (N-methyl/N-ethyl adjacent to an activating group) is 2. The van der Waals surface area contributed by atoms with Crippen molar-refractivity contribution < 1.29 is 0 Å². The van der Waals surface area contributed by atoms with Gasteiger partial charge in [-0.05, 0) is 37.1 Å². The van der Waals surface area contributed by atoms with Crippen molar-refractivity contribution in [2.24, 2.45) is 5.92 Å². The maximum absolute atomic E-state index is 3.45. The van der Waals surface area contributed by atoms with E-state index in [1.807, 2.05) is 0 Å². The monoisotopic (exact) mass is 276 g/mol. The van der Waals surface area contributed by atoms with E-state index in [1.165, 1.54) is 24.1 Å². The molecule has 0 saturated carbocycles. The lowest BCUT2D eigenvalue weighted by Crippen LogP contribution is -2.33. The average molecular weight is 276 g/mol. The molecule has 0 heterocycles. The maximum Gasteiger partial charge on any atom is 0.0446 e. The van der Waals surface area contributed by atoms with Crippen molar-refractivity contribution in [1.82, 2.24) is 10.2 Å². The van der Waals surface area contributed by atoms with Gasteiger partial charge < -0.3 is 10.2 Å². The lowest BCUT2D eigenvalue weighted by atomic mass is 9.98. The van der Waals surface area contributed by atoms with Crippen molar-refractivity contribution in [2.45, 2.75) is 46.1 Å². The molecule has 0 aliphatic heterocycles. The first kappa shape index (κ1) is 17.2. The van der Waals surface area contributed by atoms with Gasteiger partial charge in [0, 0.05) is 19.1 Å². The molecule has 2 nitrogen and oxygen atoms in total. The van der Waals surface area contributed by atoms with E-state index in [2.05, 4.69) is 76.3 Å². The summed E-state index contributed by atoms with van der Waals surface area (Å²) in [6.07, 6.45) is 1.25. The summed E-state index contributed by atoms with van der Waals surface area (Å²) in [6, 6.07) is 9.48. The van der Waals surface area contributed by atoms with Crippen LogP contribution in [0.3, 0.4) is 0 Å². The van der Waals surface area contributed by atoms with Gasteiger partial charge in [-0.15, -0.1) is 0 Å². The summed E-state index contributed by atoms with van der Waals surface area (Å²) in [5.41, 5.74) is 2.80. The Morgan fingerprint density at radius 3 is 2.00 bits per heavy atom. The number of hydrogen-bond acceptors (Lipinski definition) is 2. The predicted octanol–water partition coefficient (Wildman–Crippen LogP) is 4.05. The van der Waals surface area contributed by atoms with Gasteiger partial charge in [0.2, 0.25) is 0 Å². The third-order valence-electron chi connectivity index (χ3n) is 4.17. The highest BCUT2D eigenvalue weighted by atomic mass is 15.1. The van der Waals surface area contributed by atoms with Crippen LogP contribution in [0.25, 0.3) is 0 Å². The first-order chi connectivity index (χ1) is 9.47. The first-order valence-electron chi connectivity index (χ1n) is 7.93. The minimum atomic E-state index is 0.408. The van der Waals surface area contributed by atoms with Crippen LogP contribution < -0.4 is 5.32 Å². The summed E-state index contributed by atoms with van der Waals surface area (Å²) in [7, 11) is 4.27. The molecule has 0 bridgehead atoms. The Balaban J connectivity index is 2.65. The predicted molar refractivity (Wildman–Crippen MR) is 89.3 cm³/mol. The minimum Gasteiger partial charge on any atom is -0.312 e. The van der Waals surface area contributed by atoms with Crippen LogP contribution in [0.1, 0.15) is 57.2 Å². The van der Waals surface area contributed by atoms with Gasteiger partial charge in [0.1, 0.15) is 0 Å². The van der Waals surface area contributed by atoms with Crippen molar-refractivity contribution >= 4 is 0 Å². The summed E-state index contributed by atoms with van der Waals surface area (Å²) >= 11 is 0. The Morgan fingerprint density at radius 2 is 1.55 bits per heavy atom. The average Bonchev–Trinajstić information content (AvgIpc) is 2.44. The van der Waals surface area contributed by atoms with Crippen LogP contribution in [-0.4, -0.2) is 32.1 Å². The Bertz CT molecular complexity index is 370. The van der Waals surface area contributed by atoms with Crippen LogP contribution in [0.4, 0.5) is 0 Å². The standard InChI is InChI=1S/C18H32N2/c1-7-15(4)12-20(6)13-18(19-5)17-10-8-16(9-11-17)14(2)3/h8-11,14-15,18-19H,7,12-13H2,1-6H3. The molecule has 2 atom stereocenters. The topological polar surface area (TPSA) is 15.3 Å². The summed E-state index contributed by atoms with van der Waals surface area (Å²) < 4.78 is 0. The number of benzene rings is 1. The van der Waals surface area contributed by atoms with Gasteiger partial charge >= 0.3 is 0 Å². The zero-order chi connectivity index (χ0) is 15.1. The van der Waals surface area contributed by atoms with Crippen LogP contribution in [-0.2, 0) is 0 Å². The molecule has 0 fully saturated rings. The van der Waals surface area contributed by atoms with E-state index in [9.17, 15) is 0 Å². The normalized spacial score (nSPS) is 14.8. The molecule has 1 rings (SSSR count). The molecule has 114 valence electrons. The van der Waals surface area contributed by atoms with E-state index in [4.69, 9.17) is 0 Å². The summed E-state index contributed by atoms with van der Waals surface area (Å²) in [5.74, 6) is 1.37. The Labute approximate surface area is 125 Å². The highest BCUT2D eigenvalue weighted by Crippen LogP contribution is 2.19. The van der Waals surface area contributed by atoms with Crippen LogP contribution in [0.5, 0.6) is 0 Å². The third kappa shape index (κ3) is 5.26. The fourth-order valence-electron chi connectivity index (χ4n) is 2.52. The molecule has 0 aliphatic rings.